The Labute approximate surface area is 103 Å². The predicted molar refractivity (Wildman–Crippen MR) is 74.3 cm³/mol. The lowest BCUT2D eigenvalue weighted by Crippen LogP contribution is -2.12. The summed E-state index contributed by atoms with van der Waals surface area (Å²) in [7, 11) is 0. The molecule has 0 saturated carbocycles. The lowest BCUT2D eigenvalue weighted by molar-refractivity contribution is 0.393. The highest BCUT2D eigenvalue weighted by atomic mass is 14.5. The molecular weight excluding hydrogens is 194 g/mol. The van der Waals surface area contributed by atoms with Crippen LogP contribution in [0.2, 0.25) is 0 Å². The van der Waals surface area contributed by atoms with Crippen molar-refractivity contribution in [3.05, 3.63) is 6.42 Å². The van der Waals surface area contributed by atoms with E-state index < -0.39 is 0 Å². The molecule has 0 aromatic heterocycles. The lowest BCUT2D eigenvalue weighted by atomic mass is 9.84. The molecule has 2 N–H and O–H groups in total. The van der Waals surface area contributed by atoms with Gasteiger partial charge in [0.05, 0.1) is 0 Å². The predicted octanol–water partition coefficient (Wildman–Crippen LogP) is 4.56. The minimum atomic E-state index is 0.816. The van der Waals surface area contributed by atoms with E-state index in [0.29, 0.717) is 0 Å². The molecule has 0 aliphatic carbocycles. The van der Waals surface area contributed by atoms with Gasteiger partial charge < -0.3 is 5.73 Å². The fourth-order valence-corrected chi connectivity index (χ4v) is 2.55. The third kappa shape index (κ3) is 8.15. The van der Waals surface area contributed by atoms with Gasteiger partial charge in [-0.05, 0) is 37.6 Å². The summed E-state index contributed by atoms with van der Waals surface area (Å²) in [4.78, 5) is 0. The van der Waals surface area contributed by atoms with E-state index in [1.807, 2.05) is 0 Å². The van der Waals surface area contributed by atoms with E-state index in [0.717, 1.165) is 18.4 Å². The van der Waals surface area contributed by atoms with Gasteiger partial charge in [0.1, 0.15) is 0 Å². The van der Waals surface area contributed by atoms with Crippen LogP contribution in [0.5, 0.6) is 0 Å². The Morgan fingerprint density at radius 1 is 0.812 bits per heavy atom. The van der Waals surface area contributed by atoms with Gasteiger partial charge in [-0.25, -0.2) is 0 Å². The fourth-order valence-electron chi connectivity index (χ4n) is 2.55. The second-order valence-corrected chi connectivity index (χ2v) is 5.01. The molecule has 0 rings (SSSR count). The molecule has 1 unspecified atom stereocenters. The molecule has 16 heavy (non-hydrogen) atoms. The van der Waals surface area contributed by atoms with Crippen LogP contribution >= 0.6 is 0 Å². The molecule has 0 saturated heterocycles. The summed E-state index contributed by atoms with van der Waals surface area (Å²) in [6.45, 7) is 7.73. The summed E-state index contributed by atoms with van der Waals surface area (Å²) in [6.07, 6.45) is 13.2. The molecule has 0 amide bonds. The first kappa shape index (κ1) is 16.0. The monoisotopic (exact) mass is 226 g/mol. The Bertz CT molecular complexity index is 127. The van der Waals surface area contributed by atoms with E-state index in [4.69, 9.17) is 5.73 Å². The van der Waals surface area contributed by atoms with Crippen LogP contribution in [0.15, 0.2) is 0 Å². The van der Waals surface area contributed by atoms with Crippen molar-refractivity contribution in [2.24, 2.45) is 17.6 Å². The summed E-state index contributed by atoms with van der Waals surface area (Å²) in [5.41, 5.74) is 5.61. The summed E-state index contributed by atoms with van der Waals surface area (Å²) >= 11 is 0. The smallest absolute Gasteiger partial charge is 0.00772 e. The minimum absolute atomic E-state index is 0.816. The number of hydrogen-bond donors (Lipinski definition) is 1. The third-order valence-electron chi connectivity index (χ3n) is 3.30. The van der Waals surface area contributed by atoms with Crippen molar-refractivity contribution in [3.63, 3.8) is 0 Å². The van der Waals surface area contributed by atoms with Gasteiger partial charge in [-0.3, -0.25) is 0 Å². The maximum atomic E-state index is 5.61. The van der Waals surface area contributed by atoms with Crippen LogP contribution in [-0.2, 0) is 0 Å². The molecule has 97 valence electrons. The average molecular weight is 226 g/mol. The first-order valence-corrected chi connectivity index (χ1v) is 7.33. The highest BCUT2D eigenvalue weighted by molar-refractivity contribution is 4.83. The molecule has 0 aromatic rings. The van der Waals surface area contributed by atoms with Crippen molar-refractivity contribution in [2.45, 2.75) is 72.1 Å². The SMILES string of the molecule is CCCC([CH]C(CCC)CCCN)CCC. The molecule has 1 nitrogen and oxygen atoms in total. The second kappa shape index (κ2) is 11.4. The molecule has 0 spiro atoms. The van der Waals surface area contributed by atoms with Crippen LogP contribution in [-0.4, -0.2) is 6.54 Å². The zero-order valence-corrected chi connectivity index (χ0v) is 11.7. The van der Waals surface area contributed by atoms with Gasteiger partial charge in [0.25, 0.3) is 0 Å². The van der Waals surface area contributed by atoms with E-state index in [1.165, 1.54) is 51.4 Å². The van der Waals surface area contributed by atoms with Gasteiger partial charge in [-0.1, -0.05) is 59.3 Å². The van der Waals surface area contributed by atoms with Crippen LogP contribution in [0, 0.1) is 18.3 Å². The zero-order valence-electron chi connectivity index (χ0n) is 11.7. The highest BCUT2D eigenvalue weighted by Gasteiger charge is 2.14. The summed E-state index contributed by atoms with van der Waals surface area (Å²) in [6, 6.07) is 0. The van der Waals surface area contributed by atoms with E-state index in [-0.39, 0.29) is 0 Å². The number of hydrogen-bond acceptors (Lipinski definition) is 1. The summed E-state index contributed by atoms with van der Waals surface area (Å²) in [5, 5.41) is 0. The lowest BCUT2D eigenvalue weighted by Gasteiger charge is -2.22. The van der Waals surface area contributed by atoms with Gasteiger partial charge in [0, 0.05) is 0 Å². The Kier molecular flexibility index (Phi) is 11.4. The molecular formula is C15H32N. The molecule has 0 heterocycles. The molecule has 0 aliphatic rings. The number of nitrogens with two attached hydrogens (primary N) is 1. The Morgan fingerprint density at radius 2 is 1.25 bits per heavy atom. The maximum Gasteiger partial charge on any atom is -0.00772 e. The van der Waals surface area contributed by atoms with Crippen molar-refractivity contribution in [1.29, 1.82) is 0 Å². The molecule has 0 fully saturated rings. The molecule has 1 atom stereocenters. The van der Waals surface area contributed by atoms with Crippen molar-refractivity contribution >= 4 is 0 Å². The van der Waals surface area contributed by atoms with Gasteiger partial charge in [-0.2, -0.15) is 0 Å². The molecule has 0 aromatic carbocycles. The zero-order chi connectivity index (χ0) is 12.2. The molecule has 0 bridgehead atoms. The third-order valence-corrected chi connectivity index (χ3v) is 3.30. The van der Waals surface area contributed by atoms with Crippen LogP contribution < -0.4 is 5.73 Å². The van der Waals surface area contributed by atoms with Gasteiger partial charge in [0.2, 0.25) is 0 Å². The Morgan fingerprint density at radius 3 is 1.62 bits per heavy atom. The van der Waals surface area contributed by atoms with Crippen molar-refractivity contribution < 1.29 is 0 Å². The van der Waals surface area contributed by atoms with Crippen LogP contribution in [0.25, 0.3) is 0 Å². The topological polar surface area (TPSA) is 26.0 Å². The Hall–Kier alpha value is -0.0400. The minimum Gasteiger partial charge on any atom is -0.330 e. The standard InChI is InChI=1S/C15H32N/c1-4-8-14(9-5-2)13-15(10-6-3)11-7-12-16/h13-15H,4-12,16H2,1-3H3. The van der Waals surface area contributed by atoms with Crippen molar-refractivity contribution in [1.82, 2.24) is 0 Å². The largest absolute Gasteiger partial charge is 0.330 e. The van der Waals surface area contributed by atoms with Crippen LogP contribution in [0.3, 0.4) is 0 Å². The van der Waals surface area contributed by atoms with Crippen molar-refractivity contribution in [3.8, 4) is 0 Å². The van der Waals surface area contributed by atoms with E-state index in [9.17, 15) is 0 Å². The molecule has 0 aliphatic heterocycles. The van der Waals surface area contributed by atoms with Crippen LogP contribution in [0.4, 0.5) is 0 Å². The van der Waals surface area contributed by atoms with Gasteiger partial charge in [0.15, 0.2) is 0 Å². The first-order chi connectivity index (χ1) is 7.78. The van der Waals surface area contributed by atoms with Crippen LogP contribution in [0.1, 0.15) is 72.1 Å². The fraction of sp³-hybridized carbons (Fsp3) is 0.933. The first-order valence-electron chi connectivity index (χ1n) is 7.33. The van der Waals surface area contributed by atoms with E-state index in [2.05, 4.69) is 27.2 Å². The number of rotatable bonds is 11. The second-order valence-electron chi connectivity index (χ2n) is 5.01. The maximum absolute atomic E-state index is 5.61. The highest BCUT2D eigenvalue weighted by Crippen LogP contribution is 2.26. The summed E-state index contributed by atoms with van der Waals surface area (Å²) < 4.78 is 0. The van der Waals surface area contributed by atoms with Gasteiger partial charge in [-0.15, -0.1) is 0 Å². The molecule has 1 radical (unpaired) electrons. The Balaban J connectivity index is 3.98. The normalized spacial score (nSPS) is 13.3. The quantitative estimate of drug-likeness (QED) is 0.549. The van der Waals surface area contributed by atoms with Gasteiger partial charge >= 0.3 is 0 Å². The van der Waals surface area contributed by atoms with E-state index in [1.54, 1.807) is 0 Å². The summed E-state index contributed by atoms with van der Waals surface area (Å²) in [5.74, 6) is 1.67. The van der Waals surface area contributed by atoms with Crippen molar-refractivity contribution in [2.75, 3.05) is 6.54 Å². The average Bonchev–Trinajstić information content (AvgIpc) is 2.27. The molecule has 1 heteroatoms. The van der Waals surface area contributed by atoms with E-state index >= 15 is 0 Å².